The molecule has 2 heterocycles. The van der Waals surface area contributed by atoms with E-state index in [1.54, 1.807) is 12.0 Å². The lowest BCUT2D eigenvalue weighted by Crippen LogP contribution is -2.25. The van der Waals surface area contributed by atoms with Gasteiger partial charge in [0.05, 0.1) is 24.5 Å². The summed E-state index contributed by atoms with van der Waals surface area (Å²) >= 11 is 0. The van der Waals surface area contributed by atoms with E-state index in [9.17, 15) is 9.59 Å². The van der Waals surface area contributed by atoms with Gasteiger partial charge in [0, 0.05) is 24.9 Å². The molecule has 2 N–H and O–H groups in total. The van der Waals surface area contributed by atoms with Crippen LogP contribution < -0.4 is 20.5 Å². The van der Waals surface area contributed by atoms with E-state index in [0.717, 1.165) is 18.5 Å². The summed E-state index contributed by atoms with van der Waals surface area (Å²) in [5.74, 6) is 0.942. The SMILES string of the molecule is COc1ccccc1N1C[C@H](c2cc(=O)[nH]c(N[C@H]3CCc4ccccc43)n2)CC1=O. The fourth-order valence-corrected chi connectivity index (χ4v) is 4.62. The number of amides is 1. The average molecular weight is 416 g/mol. The van der Waals surface area contributed by atoms with Gasteiger partial charge in [0.25, 0.3) is 5.56 Å². The highest BCUT2D eigenvalue weighted by atomic mass is 16.5. The minimum atomic E-state index is -0.220. The number of ether oxygens (including phenoxy) is 1. The van der Waals surface area contributed by atoms with Crippen LogP contribution in [0.15, 0.2) is 59.4 Å². The highest BCUT2D eigenvalue weighted by Crippen LogP contribution is 2.36. The van der Waals surface area contributed by atoms with Gasteiger partial charge < -0.3 is 15.0 Å². The predicted molar refractivity (Wildman–Crippen MR) is 119 cm³/mol. The van der Waals surface area contributed by atoms with Crippen LogP contribution >= 0.6 is 0 Å². The molecule has 158 valence electrons. The molecule has 0 spiro atoms. The first kappa shape index (κ1) is 19.4. The number of hydrogen-bond acceptors (Lipinski definition) is 5. The maximum absolute atomic E-state index is 12.8. The summed E-state index contributed by atoms with van der Waals surface area (Å²) < 4.78 is 5.41. The second-order valence-electron chi connectivity index (χ2n) is 8.03. The Labute approximate surface area is 180 Å². The van der Waals surface area contributed by atoms with Crippen molar-refractivity contribution in [1.82, 2.24) is 9.97 Å². The minimum Gasteiger partial charge on any atom is -0.495 e. The van der Waals surface area contributed by atoms with Crippen LogP contribution in [0.25, 0.3) is 0 Å². The molecule has 31 heavy (non-hydrogen) atoms. The van der Waals surface area contributed by atoms with Gasteiger partial charge in [-0.2, -0.15) is 0 Å². The van der Waals surface area contributed by atoms with Gasteiger partial charge in [-0.3, -0.25) is 14.6 Å². The molecule has 5 rings (SSSR count). The smallest absolute Gasteiger partial charge is 0.252 e. The molecule has 1 aliphatic carbocycles. The Morgan fingerprint density at radius 2 is 1.94 bits per heavy atom. The molecule has 2 aromatic carbocycles. The number of anilines is 2. The first-order valence-electron chi connectivity index (χ1n) is 10.5. The van der Waals surface area contributed by atoms with Crippen LogP contribution in [-0.2, 0) is 11.2 Å². The van der Waals surface area contributed by atoms with E-state index in [1.807, 2.05) is 36.4 Å². The van der Waals surface area contributed by atoms with Gasteiger partial charge in [-0.25, -0.2) is 4.98 Å². The monoisotopic (exact) mass is 416 g/mol. The molecule has 1 aliphatic heterocycles. The molecule has 2 atom stereocenters. The average Bonchev–Trinajstić information content (AvgIpc) is 3.37. The molecule has 0 radical (unpaired) electrons. The Morgan fingerprint density at radius 3 is 2.81 bits per heavy atom. The zero-order chi connectivity index (χ0) is 21.4. The number of H-pyrrole nitrogens is 1. The van der Waals surface area contributed by atoms with Crippen molar-refractivity contribution >= 4 is 17.5 Å². The summed E-state index contributed by atoms with van der Waals surface area (Å²) in [7, 11) is 1.59. The highest BCUT2D eigenvalue weighted by Gasteiger charge is 2.34. The standard InChI is InChI=1S/C24H24N4O3/c1-31-21-9-5-4-8-20(21)28-14-16(12-23(28)30)19-13-22(29)27-24(26-19)25-18-11-10-15-6-2-3-7-17(15)18/h2-9,13,16,18H,10-12,14H2,1H3,(H2,25,26,27,29)/t16-,18+/m1/s1. The molecule has 7 nitrogen and oxygen atoms in total. The van der Waals surface area contributed by atoms with Crippen molar-refractivity contribution in [3.05, 3.63) is 81.8 Å². The first-order valence-corrected chi connectivity index (χ1v) is 10.5. The fourth-order valence-electron chi connectivity index (χ4n) is 4.62. The van der Waals surface area contributed by atoms with Gasteiger partial charge in [0.15, 0.2) is 0 Å². The quantitative estimate of drug-likeness (QED) is 0.666. The Balaban J connectivity index is 1.39. The van der Waals surface area contributed by atoms with E-state index in [-0.39, 0.29) is 23.4 Å². The minimum absolute atomic E-state index is 0.00388. The molecule has 1 aromatic heterocycles. The van der Waals surface area contributed by atoms with Crippen molar-refractivity contribution in [1.29, 1.82) is 0 Å². The van der Waals surface area contributed by atoms with Crippen molar-refractivity contribution < 1.29 is 9.53 Å². The van der Waals surface area contributed by atoms with E-state index in [2.05, 4.69) is 27.4 Å². The van der Waals surface area contributed by atoms with Gasteiger partial charge in [-0.15, -0.1) is 0 Å². The van der Waals surface area contributed by atoms with Crippen LogP contribution in [-0.4, -0.2) is 29.5 Å². The predicted octanol–water partition coefficient (Wildman–Crippen LogP) is 3.40. The number of methoxy groups -OCH3 is 1. The van der Waals surface area contributed by atoms with Crippen LogP contribution in [0.1, 0.15) is 41.6 Å². The Bertz CT molecular complexity index is 1190. The molecule has 3 aromatic rings. The maximum Gasteiger partial charge on any atom is 0.252 e. The van der Waals surface area contributed by atoms with Gasteiger partial charge in [0.2, 0.25) is 11.9 Å². The number of fused-ring (bicyclic) bond motifs is 1. The van der Waals surface area contributed by atoms with E-state index in [4.69, 9.17) is 4.74 Å². The topological polar surface area (TPSA) is 87.3 Å². The lowest BCUT2D eigenvalue weighted by Gasteiger charge is -2.19. The molecule has 0 saturated carbocycles. The molecular weight excluding hydrogens is 392 g/mol. The number of para-hydroxylation sites is 2. The summed E-state index contributed by atoms with van der Waals surface area (Å²) in [5.41, 5.74) is 3.72. The summed E-state index contributed by atoms with van der Waals surface area (Å²) in [5, 5.41) is 3.39. The molecule has 1 amide bonds. The second-order valence-corrected chi connectivity index (χ2v) is 8.03. The van der Waals surface area contributed by atoms with Crippen LogP contribution in [0.5, 0.6) is 5.75 Å². The van der Waals surface area contributed by atoms with Gasteiger partial charge in [0.1, 0.15) is 5.75 Å². The van der Waals surface area contributed by atoms with Crippen LogP contribution in [0, 0.1) is 0 Å². The lowest BCUT2D eigenvalue weighted by atomic mass is 10.0. The molecular formula is C24H24N4O3. The van der Waals surface area contributed by atoms with Gasteiger partial charge >= 0.3 is 0 Å². The highest BCUT2D eigenvalue weighted by molar-refractivity contribution is 5.97. The molecule has 1 saturated heterocycles. The number of carbonyl (C=O) groups is 1. The number of benzene rings is 2. The Hall–Kier alpha value is -3.61. The summed E-state index contributed by atoms with van der Waals surface area (Å²) in [6.07, 6.45) is 2.26. The normalized spacial score (nSPS) is 20.0. The zero-order valence-corrected chi connectivity index (χ0v) is 17.3. The van der Waals surface area contributed by atoms with Crippen molar-refractivity contribution in [3.8, 4) is 5.75 Å². The van der Waals surface area contributed by atoms with Crippen molar-refractivity contribution in [2.24, 2.45) is 0 Å². The third-order valence-corrected chi connectivity index (χ3v) is 6.12. The molecule has 0 unspecified atom stereocenters. The Kier molecular flexibility index (Phi) is 4.94. The Morgan fingerprint density at radius 1 is 1.13 bits per heavy atom. The van der Waals surface area contributed by atoms with Gasteiger partial charge in [-0.1, -0.05) is 36.4 Å². The van der Waals surface area contributed by atoms with Crippen LogP contribution in [0.3, 0.4) is 0 Å². The number of aryl methyl sites for hydroxylation is 1. The number of nitrogens with zero attached hydrogens (tertiary/aromatic N) is 2. The number of hydrogen-bond donors (Lipinski definition) is 2. The summed E-state index contributed by atoms with van der Waals surface area (Å²) in [6, 6.07) is 17.4. The number of aromatic nitrogens is 2. The largest absolute Gasteiger partial charge is 0.495 e. The van der Waals surface area contributed by atoms with Crippen molar-refractivity contribution in [3.63, 3.8) is 0 Å². The molecule has 0 bridgehead atoms. The van der Waals surface area contributed by atoms with E-state index >= 15 is 0 Å². The molecule has 1 fully saturated rings. The van der Waals surface area contributed by atoms with Gasteiger partial charge in [-0.05, 0) is 36.1 Å². The summed E-state index contributed by atoms with van der Waals surface area (Å²) in [6.45, 7) is 0.460. The second kappa shape index (κ2) is 7.91. The van der Waals surface area contributed by atoms with Crippen molar-refractivity contribution in [2.75, 3.05) is 23.9 Å². The lowest BCUT2D eigenvalue weighted by molar-refractivity contribution is -0.117. The fraction of sp³-hybridized carbons (Fsp3) is 0.292. The number of carbonyl (C=O) groups excluding carboxylic acids is 1. The zero-order valence-electron chi connectivity index (χ0n) is 17.3. The third-order valence-electron chi connectivity index (χ3n) is 6.12. The number of rotatable bonds is 5. The maximum atomic E-state index is 12.8. The molecule has 7 heteroatoms. The number of nitrogens with one attached hydrogen (secondary N) is 2. The van der Waals surface area contributed by atoms with E-state index in [1.165, 1.54) is 17.2 Å². The van der Waals surface area contributed by atoms with Crippen molar-refractivity contribution in [2.45, 2.75) is 31.2 Å². The first-order chi connectivity index (χ1) is 15.1. The third kappa shape index (κ3) is 3.67. The van der Waals surface area contributed by atoms with Crippen LogP contribution in [0.4, 0.5) is 11.6 Å². The van der Waals surface area contributed by atoms with E-state index < -0.39 is 0 Å². The molecule has 2 aliphatic rings. The van der Waals surface area contributed by atoms with Crippen LogP contribution in [0.2, 0.25) is 0 Å². The van der Waals surface area contributed by atoms with E-state index in [0.29, 0.717) is 30.4 Å². The number of aromatic amines is 1. The summed E-state index contributed by atoms with van der Waals surface area (Å²) in [4.78, 5) is 34.3.